The molecule has 0 bridgehead atoms. The van der Waals surface area contributed by atoms with Crippen molar-refractivity contribution in [2.75, 3.05) is 0 Å². The van der Waals surface area contributed by atoms with E-state index in [4.69, 9.17) is 0 Å². The molecule has 5 heteroatoms. The summed E-state index contributed by atoms with van der Waals surface area (Å²) in [6, 6.07) is 21.7. The Morgan fingerprint density at radius 1 is 0.966 bits per heavy atom. The Labute approximate surface area is 168 Å². The van der Waals surface area contributed by atoms with Crippen molar-refractivity contribution in [2.45, 2.75) is 19.3 Å². The second kappa shape index (κ2) is 8.61. The van der Waals surface area contributed by atoms with E-state index in [9.17, 15) is 9.18 Å². The van der Waals surface area contributed by atoms with Crippen molar-refractivity contribution in [1.29, 1.82) is 0 Å². The highest BCUT2D eigenvalue weighted by atomic mass is 19.1. The van der Waals surface area contributed by atoms with Crippen molar-refractivity contribution in [3.05, 3.63) is 96.1 Å². The number of pyridine rings is 1. The van der Waals surface area contributed by atoms with Gasteiger partial charge in [-0.05, 0) is 37.1 Å². The van der Waals surface area contributed by atoms with Gasteiger partial charge in [0, 0.05) is 35.0 Å². The van der Waals surface area contributed by atoms with Crippen molar-refractivity contribution in [3.63, 3.8) is 0 Å². The van der Waals surface area contributed by atoms with Crippen molar-refractivity contribution >= 4 is 5.78 Å². The first-order chi connectivity index (χ1) is 14.2. The van der Waals surface area contributed by atoms with E-state index in [1.54, 1.807) is 24.4 Å². The Balaban J connectivity index is 1.56. The molecule has 1 N–H and O–H groups in total. The quantitative estimate of drug-likeness (QED) is 0.428. The third-order valence-electron chi connectivity index (χ3n) is 4.79. The lowest BCUT2D eigenvalue weighted by atomic mass is 9.96. The average Bonchev–Trinajstić information content (AvgIpc) is 3.24. The van der Waals surface area contributed by atoms with Gasteiger partial charge in [-0.25, -0.2) is 4.39 Å². The van der Waals surface area contributed by atoms with Gasteiger partial charge in [0.2, 0.25) is 0 Å². The third-order valence-corrected chi connectivity index (χ3v) is 4.79. The van der Waals surface area contributed by atoms with Gasteiger partial charge in [0.25, 0.3) is 0 Å². The third kappa shape index (κ3) is 4.29. The summed E-state index contributed by atoms with van der Waals surface area (Å²) in [4.78, 5) is 17.1. The first kappa shape index (κ1) is 18.7. The molecule has 0 aliphatic rings. The number of carbonyl (C=O) groups excluding carboxylic acids is 1. The van der Waals surface area contributed by atoms with Crippen LogP contribution in [0.3, 0.4) is 0 Å². The zero-order valence-corrected chi connectivity index (χ0v) is 15.8. The fourth-order valence-corrected chi connectivity index (χ4v) is 3.35. The summed E-state index contributed by atoms with van der Waals surface area (Å²) < 4.78 is 14.7. The van der Waals surface area contributed by atoms with Crippen molar-refractivity contribution < 1.29 is 9.18 Å². The summed E-state index contributed by atoms with van der Waals surface area (Å²) in [6.45, 7) is 0. The molecule has 0 amide bonds. The lowest BCUT2D eigenvalue weighted by molar-refractivity contribution is 0.0980. The van der Waals surface area contributed by atoms with Gasteiger partial charge in [-0.3, -0.25) is 14.9 Å². The largest absolute Gasteiger partial charge is 0.294 e. The van der Waals surface area contributed by atoms with Crippen LogP contribution < -0.4 is 0 Å². The highest BCUT2D eigenvalue weighted by Crippen LogP contribution is 2.29. The molecular formula is C24H20FN3O. The second-order valence-electron chi connectivity index (χ2n) is 6.79. The fraction of sp³-hybridized carbons (Fsp3) is 0.125. The predicted molar refractivity (Wildman–Crippen MR) is 111 cm³/mol. The molecule has 0 aliphatic carbocycles. The van der Waals surface area contributed by atoms with E-state index in [0.29, 0.717) is 36.2 Å². The summed E-state index contributed by atoms with van der Waals surface area (Å²) in [7, 11) is 0. The smallest absolute Gasteiger partial charge is 0.163 e. The Morgan fingerprint density at radius 2 is 1.79 bits per heavy atom. The number of aryl methyl sites for hydroxylation is 1. The van der Waals surface area contributed by atoms with E-state index in [0.717, 1.165) is 11.3 Å². The lowest BCUT2D eigenvalue weighted by Gasteiger charge is -2.08. The van der Waals surface area contributed by atoms with Crippen molar-refractivity contribution in [1.82, 2.24) is 15.2 Å². The summed E-state index contributed by atoms with van der Waals surface area (Å²) in [6.07, 6.45) is 3.43. The normalized spacial score (nSPS) is 10.8. The standard InChI is InChI=1S/C24H20FN3O/c25-20-13-7-12-19(23(29)14-6-11-18-10-4-5-15-26-18)24(20)22-16-21(27-28-22)17-8-2-1-3-9-17/h1-5,7-10,12-13,15-16H,6,11,14H2,(H,27,28). The summed E-state index contributed by atoms with van der Waals surface area (Å²) in [5, 5.41) is 7.18. The molecule has 0 spiro atoms. The number of halogens is 1. The van der Waals surface area contributed by atoms with E-state index in [1.165, 1.54) is 6.07 Å². The van der Waals surface area contributed by atoms with Crippen LogP contribution >= 0.6 is 0 Å². The van der Waals surface area contributed by atoms with Gasteiger partial charge in [0.05, 0.1) is 11.4 Å². The van der Waals surface area contributed by atoms with E-state index in [1.807, 2.05) is 48.5 Å². The minimum atomic E-state index is -0.441. The molecule has 2 aromatic carbocycles. The molecule has 4 aromatic rings. The van der Waals surface area contributed by atoms with Gasteiger partial charge in [-0.15, -0.1) is 0 Å². The molecule has 0 aliphatic heterocycles. The monoisotopic (exact) mass is 385 g/mol. The minimum absolute atomic E-state index is 0.0914. The van der Waals surface area contributed by atoms with Crippen molar-refractivity contribution in [3.8, 4) is 22.5 Å². The predicted octanol–water partition coefficient (Wildman–Crippen LogP) is 5.48. The fourth-order valence-electron chi connectivity index (χ4n) is 3.35. The van der Waals surface area contributed by atoms with Gasteiger partial charge in [0.15, 0.2) is 5.78 Å². The Bertz CT molecular complexity index is 1110. The molecule has 0 saturated heterocycles. The number of hydrogen-bond acceptors (Lipinski definition) is 3. The van der Waals surface area contributed by atoms with Crippen LogP contribution in [0.25, 0.3) is 22.5 Å². The molecular weight excluding hydrogens is 365 g/mol. The molecule has 29 heavy (non-hydrogen) atoms. The van der Waals surface area contributed by atoms with E-state index in [-0.39, 0.29) is 11.3 Å². The average molecular weight is 385 g/mol. The number of rotatable bonds is 7. The van der Waals surface area contributed by atoms with E-state index >= 15 is 0 Å². The molecule has 2 heterocycles. The highest BCUT2D eigenvalue weighted by molar-refractivity contribution is 6.02. The number of Topliss-reactive ketones (excluding diaryl/α,β-unsaturated/α-hetero) is 1. The molecule has 4 nitrogen and oxygen atoms in total. The number of aromatic nitrogens is 3. The maximum Gasteiger partial charge on any atom is 0.163 e. The molecule has 0 atom stereocenters. The van der Waals surface area contributed by atoms with Crippen LogP contribution in [0.15, 0.2) is 79.0 Å². The van der Waals surface area contributed by atoms with Gasteiger partial charge in [0.1, 0.15) is 5.82 Å². The number of aromatic amines is 1. The first-order valence-corrected chi connectivity index (χ1v) is 9.55. The van der Waals surface area contributed by atoms with Crippen LogP contribution in [-0.2, 0) is 6.42 Å². The number of nitrogens with one attached hydrogen (secondary N) is 1. The van der Waals surface area contributed by atoms with Gasteiger partial charge in [-0.2, -0.15) is 5.10 Å². The molecule has 0 fully saturated rings. The number of H-pyrrole nitrogens is 1. The number of nitrogens with zero attached hydrogens (tertiary/aromatic N) is 2. The molecule has 4 rings (SSSR count). The molecule has 0 saturated carbocycles. The Morgan fingerprint density at radius 3 is 2.59 bits per heavy atom. The Kier molecular flexibility index (Phi) is 5.56. The number of hydrogen-bond donors (Lipinski definition) is 1. The van der Waals surface area contributed by atoms with Gasteiger partial charge < -0.3 is 0 Å². The number of benzene rings is 2. The molecule has 0 radical (unpaired) electrons. The number of carbonyl (C=O) groups is 1. The summed E-state index contributed by atoms with van der Waals surface area (Å²) >= 11 is 0. The van der Waals surface area contributed by atoms with Crippen LogP contribution in [0.5, 0.6) is 0 Å². The lowest BCUT2D eigenvalue weighted by Crippen LogP contribution is -2.04. The first-order valence-electron chi connectivity index (χ1n) is 9.55. The number of ketones is 1. The Hall–Kier alpha value is -3.60. The van der Waals surface area contributed by atoms with E-state index in [2.05, 4.69) is 15.2 Å². The van der Waals surface area contributed by atoms with Crippen LogP contribution in [0, 0.1) is 5.82 Å². The topological polar surface area (TPSA) is 58.6 Å². The maximum atomic E-state index is 14.7. The summed E-state index contributed by atoms with van der Waals surface area (Å²) in [5.41, 5.74) is 3.71. The van der Waals surface area contributed by atoms with Crippen LogP contribution in [0.1, 0.15) is 28.9 Å². The SMILES string of the molecule is O=C(CCCc1ccccn1)c1cccc(F)c1-c1cc(-c2ccccc2)n[nH]1. The zero-order chi connectivity index (χ0) is 20.1. The molecule has 0 unspecified atom stereocenters. The van der Waals surface area contributed by atoms with Gasteiger partial charge >= 0.3 is 0 Å². The molecule has 2 aromatic heterocycles. The summed E-state index contributed by atoms with van der Waals surface area (Å²) in [5.74, 6) is -0.532. The van der Waals surface area contributed by atoms with Gasteiger partial charge in [-0.1, -0.05) is 48.5 Å². The minimum Gasteiger partial charge on any atom is -0.294 e. The van der Waals surface area contributed by atoms with Crippen LogP contribution in [0.2, 0.25) is 0 Å². The van der Waals surface area contributed by atoms with Crippen molar-refractivity contribution in [2.24, 2.45) is 0 Å². The maximum absolute atomic E-state index is 14.7. The second-order valence-corrected chi connectivity index (χ2v) is 6.79. The van der Waals surface area contributed by atoms with Crippen LogP contribution in [0.4, 0.5) is 4.39 Å². The van der Waals surface area contributed by atoms with E-state index < -0.39 is 5.82 Å². The highest BCUT2D eigenvalue weighted by Gasteiger charge is 2.19. The zero-order valence-electron chi connectivity index (χ0n) is 15.8. The molecule has 144 valence electrons. The van der Waals surface area contributed by atoms with Crippen LogP contribution in [-0.4, -0.2) is 21.0 Å².